The Morgan fingerprint density at radius 1 is 1.12 bits per heavy atom. The highest BCUT2D eigenvalue weighted by Gasteiger charge is 2.27. The van der Waals surface area contributed by atoms with Crippen molar-refractivity contribution in [1.29, 1.82) is 0 Å². The molecule has 10 heteroatoms. The van der Waals surface area contributed by atoms with E-state index in [1.165, 1.54) is 24.4 Å². The third-order valence-corrected chi connectivity index (χ3v) is 6.53. The molecule has 4 rings (SSSR count). The van der Waals surface area contributed by atoms with Gasteiger partial charge in [0.25, 0.3) is 11.8 Å². The van der Waals surface area contributed by atoms with Gasteiger partial charge in [0.05, 0.1) is 16.8 Å². The second-order valence-corrected chi connectivity index (χ2v) is 8.79. The van der Waals surface area contributed by atoms with Gasteiger partial charge in [-0.15, -0.1) is 0 Å². The van der Waals surface area contributed by atoms with Crippen molar-refractivity contribution in [3.05, 3.63) is 47.4 Å². The molecule has 2 aromatic rings. The van der Waals surface area contributed by atoms with Crippen molar-refractivity contribution in [2.45, 2.75) is 32.2 Å². The van der Waals surface area contributed by atoms with Gasteiger partial charge < -0.3 is 25.8 Å². The molecule has 2 aliphatic heterocycles. The van der Waals surface area contributed by atoms with E-state index in [0.29, 0.717) is 43.4 Å². The zero-order valence-corrected chi connectivity index (χ0v) is 19.4. The summed E-state index contributed by atoms with van der Waals surface area (Å²) in [6, 6.07) is 5.96. The van der Waals surface area contributed by atoms with Crippen LogP contribution in [0.15, 0.2) is 30.5 Å². The number of primary amides is 1. The minimum atomic E-state index is -0.607. The fourth-order valence-electron chi connectivity index (χ4n) is 4.35. The number of carbonyl (C=O) groups excluding carboxylic acids is 3. The monoisotopic (exact) mass is 468 g/mol. The van der Waals surface area contributed by atoms with Gasteiger partial charge in [-0.2, -0.15) is 0 Å². The molecule has 9 nitrogen and oxygen atoms in total. The summed E-state index contributed by atoms with van der Waals surface area (Å²) in [5.74, 6) is -1.08. The van der Waals surface area contributed by atoms with Gasteiger partial charge in [0.1, 0.15) is 11.6 Å². The number of benzene rings is 1. The van der Waals surface area contributed by atoms with Crippen LogP contribution in [-0.2, 0) is 4.79 Å². The van der Waals surface area contributed by atoms with E-state index in [2.05, 4.69) is 10.3 Å². The SMILES string of the molecule is CC(=O)N1CCC[C@@H](N(C)c2cc(Nc3ccc(F)c(C(=O)N4CCC4)c3)ncc2C(N)=O)C1. The number of aromatic nitrogens is 1. The molecule has 0 saturated carbocycles. The lowest BCUT2D eigenvalue weighted by Gasteiger charge is -2.38. The molecule has 0 aliphatic carbocycles. The number of hydrogen-bond acceptors (Lipinski definition) is 6. The largest absolute Gasteiger partial charge is 0.369 e. The van der Waals surface area contributed by atoms with Gasteiger partial charge in [-0.1, -0.05) is 0 Å². The Morgan fingerprint density at radius 3 is 2.50 bits per heavy atom. The molecule has 2 aliphatic rings. The van der Waals surface area contributed by atoms with Crippen LogP contribution < -0.4 is 16.0 Å². The number of piperidine rings is 1. The summed E-state index contributed by atoms with van der Waals surface area (Å²) in [5, 5.41) is 3.10. The maximum atomic E-state index is 14.3. The Labute approximate surface area is 197 Å². The minimum Gasteiger partial charge on any atom is -0.369 e. The van der Waals surface area contributed by atoms with Gasteiger partial charge >= 0.3 is 0 Å². The molecule has 1 atom stereocenters. The number of likely N-dealkylation sites (N-methyl/N-ethyl adjacent to an activating group) is 1. The topological polar surface area (TPSA) is 112 Å². The first-order valence-corrected chi connectivity index (χ1v) is 11.4. The number of amides is 3. The highest BCUT2D eigenvalue weighted by molar-refractivity contribution is 5.99. The summed E-state index contributed by atoms with van der Waals surface area (Å²) < 4.78 is 14.3. The van der Waals surface area contributed by atoms with Crippen molar-refractivity contribution in [2.75, 3.05) is 43.4 Å². The van der Waals surface area contributed by atoms with Crippen LogP contribution >= 0.6 is 0 Å². The molecule has 0 spiro atoms. The van der Waals surface area contributed by atoms with Crippen LogP contribution in [-0.4, -0.2) is 71.8 Å². The molecule has 180 valence electrons. The zero-order chi connectivity index (χ0) is 24.4. The van der Waals surface area contributed by atoms with Crippen LogP contribution in [0.1, 0.15) is 46.9 Å². The molecule has 0 unspecified atom stereocenters. The lowest BCUT2D eigenvalue weighted by atomic mass is 10.0. The van der Waals surface area contributed by atoms with Gasteiger partial charge in [0.15, 0.2) is 0 Å². The molecular weight excluding hydrogens is 439 g/mol. The molecule has 3 N–H and O–H groups in total. The van der Waals surface area contributed by atoms with Gasteiger partial charge in [0.2, 0.25) is 5.91 Å². The number of pyridine rings is 1. The van der Waals surface area contributed by atoms with Crippen molar-refractivity contribution >= 4 is 34.9 Å². The zero-order valence-electron chi connectivity index (χ0n) is 19.4. The van der Waals surface area contributed by atoms with Crippen molar-refractivity contribution < 1.29 is 18.8 Å². The van der Waals surface area contributed by atoms with Gasteiger partial charge in [0, 0.05) is 64.1 Å². The maximum Gasteiger partial charge on any atom is 0.256 e. The molecule has 2 fully saturated rings. The first-order valence-electron chi connectivity index (χ1n) is 11.4. The molecule has 0 bridgehead atoms. The quantitative estimate of drug-likeness (QED) is 0.673. The lowest BCUT2D eigenvalue weighted by Crippen LogP contribution is -2.48. The molecule has 3 heterocycles. The van der Waals surface area contributed by atoms with Crippen LogP contribution in [0, 0.1) is 5.82 Å². The van der Waals surface area contributed by atoms with E-state index >= 15 is 0 Å². The molecular formula is C24H29FN6O3. The smallest absolute Gasteiger partial charge is 0.256 e. The number of halogens is 1. The lowest BCUT2D eigenvalue weighted by molar-refractivity contribution is -0.129. The molecule has 3 amide bonds. The summed E-state index contributed by atoms with van der Waals surface area (Å²) in [4.78, 5) is 46.1. The summed E-state index contributed by atoms with van der Waals surface area (Å²) >= 11 is 0. The van der Waals surface area contributed by atoms with Crippen LogP contribution in [0.3, 0.4) is 0 Å². The summed E-state index contributed by atoms with van der Waals surface area (Å²) in [5.41, 5.74) is 6.95. The first kappa shape index (κ1) is 23.5. The predicted octanol–water partition coefficient (Wildman–Crippen LogP) is 2.36. The number of anilines is 3. The van der Waals surface area contributed by atoms with E-state index in [4.69, 9.17) is 5.73 Å². The molecule has 0 radical (unpaired) electrons. The van der Waals surface area contributed by atoms with Crippen LogP contribution in [0.2, 0.25) is 0 Å². The second-order valence-electron chi connectivity index (χ2n) is 8.79. The Balaban J connectivity index is 1.59. The van der Waals surface area contributed by atoms with Gasteiger partial charge in [-0.3, -0.25) is 14.4 Å². The normalized spacial score (nSPS) is 17.7. The fourth-order valence-corrected chi connectivity index (χ4v) is 4.35. The summed E-state index contributed by atoms with van der Waals surface area (Å²) in [6.45, 7) is 4.08. The highest BCUT2D eigenvalue weighted by atomic mass is 19.1. The highest BCUT2D eigenvalue weighted by Crippen LogP contribution is 2.29. The number of rotatable bonds is 6. The van der Waals surface area contributed by atoms with Crippen LogP contribution in [0.5, 0.6) is 0 Å². The minimum absolute atomic E-state index is 0.00216. The maximum absolute atomic E-state index is 14.3. The van der Waals surface area contributed by atoms with Crippen molar-refractivity contribution in [1.82, 2.24) is 14.8 Å². The second kappa shape index (κ2) is 9.66. The number of nitrogens with zero attached hydrogens (tertiary/aromatic N) is 4. The number of nitrogens with two attached hydrogens (primary N) is 1. The van der Waals surface area contributed by atoms with E-state index in [0.717, 1.165) is 19.3 Å². The van der Waals surface area contributed by atoms with E-state index in [9.17, 15) is 18.8 Å². The Hall–Kier alpha value is -3.69. The van der Waals surface area contributed by atoms with Crippen LogP contribution in [0.4, 0.5) is 21.6 Å². The number of nitrogens with one attached hydrogen (secondary N) is 1. The average molecular weight is 469 g/mol. The predicted molar refractivity (Wildman–Crippen MR) is 127 cm³/mol. The third kappa shape index (κ3) is 4.80. The van der Waals surface area contributed by atoms with Crippen molar-refractivity contribution in [2.24, 2.45) is 5.73 Å². The van der Waals surface area contributed by atoms with E-state index in [1.807, 2.05) is 11.9 Å². The Morgan fingerprint density at radius 2 is 1.85 bits per heavy atom. The van der Waals surface area contributed by atoms with E-state index in [1.54, 1.807) is 22.8 Å². The Bertz CT molecular complexity index is 1120. The Kier molecular flexibility index (Phi) is 6.67. The standard InChI is InChI=1S/C24H29FN6O3/c1-15(32)31-8-3-5-17(14-31)29(2)21-12-22(27-13-19(21)23(26)33)28-16-6-7-20(25)18(11-16)24(34)30-9-4-10-30/h6-7,11-13,17H,3-5,8-10,14H2,1-2H3,(H2,26,33)(H,27,28)/t17-/m1/s1. The number of carbonyl (C=O) groups is 3. The average Bonchev–Trinajstić information content (AvgIpc) is 2.78. The van der Waals surface area contributed by atoms with Crippen LogP contribution in [0.25, 0.3) is 0 Å². The molecule has 34 heavy (non-hydrogen) atoms. The third-order valence-electron chi connectivity index (χ3n) is 6.53. The van der Waals surface area contributed by atoms with E-state index < -0.39 is 11.7 Å². The first-order chi connectivity index (χ1) is 16.2. The summed E-state index contributed by atoms with van der Waals surface area (Å²) in [7, 11) is 1.86. The molecule has 1 aromatic heterocycles. The van der Waals surface area contributed by atoms with Crippen molar-refractivity contribution in [3.8, 4) is 0 Å². The molecule has 1 aromatic carbocycles. The van der Waals surface area contributed by atoms with Gasteiger partial charge in [-0.25, -0.2) is 9.37 Å². The molecule has 2 saturated heterocycles. The van der Waals surface area contributed by atoms with Crippen molar-refractivity contribution in [3.63, 3.8) is 0 Å². The van der Waals surface area contributed by atoms with Gasteiger partial charge in [-0.05, 0) is 37.5 Å². The summed E-state index contributed by atoms with van der Waals surface area (Å²) in [6.07, 6.45) is 4.05. The van der Waals surface area contributed by atoms with E-state index in [-0.39, 0.29) is 29.0 Å². The number of likely N-dealkylation sites (tertiary alicyclic amines) is 2. The fraction of sp³-hybridized carbons (Fsp3) is 0.417. The number of hydrogen-bond donors (Lipinski definition) is 2.